The Morgan fingerprint density at radius 3 is 2.26 bits per heavy atom. The van der Waals surface area contributed by atoms with Gasteiger partial charge >= 0.3 is 0 Å². The minimum absolute atomic E-state index is 0.177. The van der Waals surface area contributed by atoms with E-state index in [1.54, 1.807) is 0 Å². The number of rotatable bonds is 8. The summed E-state index contributed by atoms with van der Waals surface area (Å²) >= 11 is 1.47. The van der Waals surface area contributed by atoms with Gasteiger partial charge in [-0.25, -0.2) is 0 Å². The smallest absolute Gasteiger partial charge is 0.220 e. The lowest BCUT2D eigenvalue weighted by molar-refractivity contribution is -0.482. The molecule has 6 nitrogen and oxygen atoms in total. The molecule has 1 aliphatic rings. The van der Waals surface area contributed by atoms with Gasteiger partial charge in [0.05, 0.1) is 0 Å². The normalized spacial score (nSPS) is 15.1. The van der Waals surface area contributed by atoms with Crippen molar-refractivity contribution < 1.29 is 19.1 Å². The van der Waals surface area contributed by atoms with Crippen LogP contribution < -0.4 is 0 Å². The van der Waals surface area contributed by atoms with Crippen molar-refractivity contribution in [1.29, 1.82) is 0 Å². The number of ether oxygens (including phenoxy) is 3. The minimum atomic E-state index is -0.566. The molecule has 0 amide bonds. The predicted octanol–water partition coefficient (Wildman–Crippen LogP) is 2.98. The zero-order valence-electron chi connectivity index (χ0n) is 13.7. The van der Waals surface area contributed by atoms with Crippen LogP contribution in [-0.2, 0) is 20.0 Å². The fraction of sp³-hybridized carbons (Fsp3) is 0.625. The molecule has 2 rings (SSSR count). The second-order valence-electron chi connectivity index (χ2n) is 5.01. The monoisotopic (exact) mass is 343 g/mol. The zero-order valence-corrected chi connectivity index (χ0v) is 14.5. The van der Waals surface area contributed by atoms with E-state index in [0.717, 1.165) is 18.8 Å². The summed E-state index contributed by atoms with van der Waals surface area (Å²) in [6.45, 7) is 1.82. The molecule has 130 valence electrons. The van der Waals surface area contributed by atoms with E-state index < -0.39 is 6.29 Å². The van der Waals surface area contributed by atoms with Crippen LogP contribution in [0.2, 0.25) is 0 Å². The van der Waals surface area contributed by atoms with E-state index in [9.17, 15) is 10.1 Å². The van der Waals surface area contributed by atoms with Crippen molar-refractivity contribution in [2.45, 2.75) is 30.1 Å². The third-order valence-corrected chi connectivity index (χ3v) is 4.53. The van der Waals surface area contributed by atoms with Gasteiger partial charge in [-0.2, -0.15) is 0 Å². The highest BCUT2D eigenvalue weighted by molar-refractivity contribution is 7.99. The molecule has 0 bridgehead atoms. The minimum Gasteiger partial charge on any atom is -0.381 e. The molecule has 0 spiro atoms. The van der Waals surface area contributed by atoms with Crippen LogP contribution in [0.3, 0.4) is 0 Å². The molecule has 1 aromatic carbocycles. The van der Waals surface area contributed by atoms with Crippen LogP contribution in [0.1, 0.15) is 18.4 Å². The number of nitro groups is 1. The summed E-state index contributed by atoms with van der Waals surface area (Å²) in [5.41, 5.74) is 1.13. The van der Waals surface area contributed by atoms with Crippen LogP contribution >= 0.6 is 11.8 Å². The summed E-state index contributed by atoms with van der Waals surface area (Å²) in [6.07, 6.45) is 1.99. The number of benzene rings is 1. The lowest BCUT2D eigenvalue weighted by Gasteiger charge is -2.21. The van der Waals surface area contributed by atoms with Crippen molar-refractivity contribution in [2.75, 3.05) is 34.0 Å². The molecule has 1 fully saturated rings. The number of hydrogen-bond acceptors (Lipinski definition) is 6. The average Bonchev–Trinajstić information content (AvgIpc) is 3.14. The molecular formula is C16H25NO5S. The van der Waals surface area contributed by atoms with Crippen LogP contribution in [0.5, 0.6) is 0 Å². The van der Waals surface area contributed by atoms with E-state index in [1.165, 1.54) is 38.8 Å². The summed E-state index contributed by atoms with van der Waals surface area (Å²) in [5.74, 6) is 0.697. The van der Waals surface area contributed by atoms with Crippen LogP contribution in [0.15, 0.2) is 30.3 Å². The molecule has 1 aliphatic heterocycles. The van der Waals surface area contributed by atoms with Crippen molar-refractivity contribution in [3.05, 3.63) is 46.0 Å². The summed E-state index contributed by atoms with van der Waals surface area (Å²) < 4.78 is 15.2. The van der Waals surface area contributed by atoms with Gasteiger partial charge < -0.3 is 14.2 Å². The lowest BCUT2D eigenvalue weighted by Crippen LogP contribution is -2.33. The second-order valence-corrected chi connectivity index (χ2v) is 6.24. The highest BCUT2D eigenvalue weighted by Gasteiger charge is 2.26. The Balaban J connectivity index is 0.000000446. The summed E-state index contributed by atoms with van der Waals surface area (Å²) in [7, 11) is 2.98. The fourth-order valence-electron chi connectivity index (χ4n) is 2.05. The molecule has 1 aromatic rings. The third-order valence-electron chi connectivity index (χ3n) is 3.23. The van der Waals surface area contributed by atoms with E-state index in [2.05, 4.69) is 0 Å². The van der Waals surface area contributed by atoms with Crippen LogP contribution in [-0.4, -0.2) is 50.4 Å². The van der Waals surface area contributed by atoms with Crippen molar-refractivity contribution in [3.63, 3.8) is 0 Å². The largest absolute Gasteiger partial charge is 0.381 e. The second kappa shape index (κ2) is 12.3. The number of nitrogens with zero attached hydrogens (tertiary/aromatic N) is 1. The first-order valence-corrected chi connectivity index (χ1v) is 8.63. The number of hydrogen-bond donors (Lipinski definition) is 0. The predicted molar refractivity (Wildman–Crippen MR) is 91.2 cm³/mol. The van der Waals surface area contributed by atoms with Gasteiger partial charge in [0, 0.05) is 38.1 Å². The van der Waals surface area contributed by atoms with Crippen LogP contribution in [0.25, 0.3) is 0 Å². The van der Waals surface area contributed by atoms with Gasteiger partial charge in [0.1, 0.15) is 5.25 Å². The highest BCUT2D eigenvalue weighted by atomic mass is 32.2. The Labute approximate surface area is 141 Å². The van der Waals surface area contributed by atoms with E-state index in [1.807, 2.05) is 30.3 Å². The molecule has 0 N–H and O–H groups in total. The molecular weight excluding hydrogens is 318 g/mol. The maximum Gasteiger partial charge on any atom is 0.220 e. The molecule has 7 heteroatoms. The summed E-state index contributed by atoms with van der Waals surface area (Å²) in [6, 6.07) is 9.82. The highest BCUT2D eigenvalue weighted by Crippen LogP contribution is 2.22. The molecule has 23 heavy (non-hydrogen) atoms. The molecule has 1 unspecified atom stereocenters. The number of methoxy groups -OCH3 is 2. The number of thioether (sulfide) groups is 1. The Morgan fingerprint density at radius 2 is 1.83 bits per heavy atom. The van der Waals surface area contributed by atoms with Crippen molar-refractivity contribution in [1.82, 2.24) is 0 Å². The maximum absolute atomic E-state index is 10.6. The molecule has 1 atom stereocenters. The molecule has 0 aromatic heterocycles. The molecule has 1 heterocycles. The first-order chi connectivity index (χ1) is 11.2. The SMILES string of the molecule is C1CCOC1.COC(OC)C(C[N+](=O)[O-])SCc1ccccc1. The van der Waals surface area contributed by atoms with Gasteiger partial charge in [-0.05, 0) is 18.4 Å². The van der Waals surface area contributed by atoms with E-state index in [0.29, 0.717) is 5.75 Å². The van der Waals surface area contributed by atoms with Crippen LogP contribution in [0, 0.1) is 10.1 Å². The Kier molecular flexibility index (Phi) is 10.6. The van der Waals surface area contributed by atoms with Crippen molar-refractivity contribution >= 4 is 11.8 Å². The lowest BCUT2D eigenvalue weighted by atomic mass is 10.2. The standard InChI is InChI=1S/C12H17NO4S.C4H8O/c1-16-12(17-2)11(8-13(14)15)18-9-10-6-4-3-5-7-10;1-2-4-5-3-1/h3-7,11-12H,8-9H2,1-2H3;1-4H2. The van der Waals surface area contributed by atoms with E-state index in [4.69, 9.17) is 14.2 Å². The van der Waals surface area contributed by atoms with Crippen molar-refractivity contribution in [2.24, 2.45) is 0 Å². The first kappa shape index (κ1) is 19.9. The Morgan fingerprint density at radius 1 is 1.22 bits per heavy atom. The van der Waals surface area contributed by atoms with Gasteiger partial charge in [0.2, 0.25) is 6.54 Å². The first-order valence-electron chi connectivity index (χ1n) is 7.58. The zero-order chi connectivity index (χ0) is 16.9. The molecule has 0 saturated carbocycles. The Bertz CT molecular complexity index is 416. The Hall–Kier alpha value is -1.15. The molecule has 0 aliphatic carbocycles. The van der Waals surface area contributed by atoms with Gasteiger partial charge in [-0.1, -0.05) is 30.3 Å². The molecule has 1 saturated heterocycles. The third kappa shape index (κ3) is 8.90. The van der Waals surface area contributed by atoms with E-state index >= 15 is 0 Å². The average molecular weight is 343 g/mol. The quantitative estimate of drug-likeness (QED) is 0.410. The fourth-order valence-corrected chi connectivity index (χ4v) is 3.26. The maximum atomic E-state index is 10.6. The van der Waals surface area contributed by atoms with Crippen molar-refractivity contribution in [3.8, 4) is 0 Å². The van der Waals surface area contributed by atoms with Gasteiger partial charge in [0.25, 0.3) is 0 Å². The topological polar surface area (TPSA) is 70.8 Å². The van der Waals surface area contributed by atoms with E-state index in [-0.39, 0.29) is 16.7 Å². The summed E-state index contributed by atoms with van der Waals surface area (Å²) in [5, 5.41) is 10.3. The van der Waals surface area contributed by atoms with Crippen LogP contribution in [0.4, 0.5) is 0 Å². The van der Waals surface area contributed by atoms with Gasteiger partial charge in [-0.3, -0.25) is 10.1 Å². The van der Waals surface area contributed by atoms with Gasteiger partial charge in [0.15, 0.2) is 6.29 Å². The van der Waals surface area contributed by atoms with Gasteiger partial charge in [-0.15, -0.1) is 11.8 Å². The summed E-state index contributed by atoms with van der Waals surface area (Å²) in [4.78, 5) is 10.3. The molecule has 0 radical (unpaired) electrons.